The van der Waals surface area contributed by atoms with E-state index >= 15 is 0 Å². The molecule has 0 amide bonds. The van der Waals surface area contributed by atoms with Crippen molar-refractivity contribution in [2.45, 2.75) is 44.7 Å². The van der Waals surface area contributed by atoms with Crippen molar-refractivity contribution in [3.8, 4) is 0 Å². The van der Waals surface area contributed by atoms with E-state index in [1.807, 2.05) is 27.0 Å². The lowest BCUT2D eigenvalue weighted by molar-refractivity contribution is 0.141. The Hall–Kier alpha value is -0.950. The van der Waals surface area contributed by atoms with Crippen LogP contribution < -0.4 is 10.0 Å². The highest BCUT2D eigenvalue weighted by Crippen LogP contribution is 2.22. The first-order chi connectivity index (χ1) is 9.63. The monoisotopic (exact) mass is 314 g/mol. The third-order valence-corrected chi connectivity index (χ3v) is 5.05. The van der Waals surface area contributed by atoms with E-state index in [0.717, 1.165) is 16.7 Å². The van der Waals surface area contributed by atoms with Crippen molar-refractivity contribution in [2.75, 3.05) is 20.8 Å². The highest BCUT2D eigenvalue weighted by molar-refractivity contribution is 7.89. The van der Waals surface area contributed by atoms with E-state index in [1.165, 1.54) is 0 Å². The lowest BCUT2D eigenvalue weighted by Crippen LogP contribution is -2.46. The first-order valence-corrected chi connectivity index (χ1v) is 8.39. The van der Waals surface area contributed by atoms with Gasteiger partial charge in [0.25, 0.3) is 0 Å². The molecule has 0 bridgehead atoms. The predicted molar refractivity (Wildman–Crippen MR) is 85.0 cm³/mol. The zero-order chi connectivity index (χ0) is 16.3. The largest absolute Gasteiger partial charge is 0.383 e. The van der Waals surface area contributed by atoms with Crippen molar-refractivity contribution >= 4 is 10.0 Å². The first-order valence-electron chi connectivity index (χ1n) is 6.90. The summed E-state index contributed by atoms with van der Waals surface area (Å²) in [7, 11) is -0.192. The van der Waals surface area contributed by atoms with Crippen LogP contribution in [-0.4, -0.2) is 34.7 Å². The number of aryl methyl sites for hydroxylation is 2. The molecular weight excluding hydrogens is 288 g/mol. The molecule has 0 atom stereocenters. The minimum Gasteiger partial charge on any atom is -0.383 e. The molecule has 0 heterocycles. The molecule has 6 heteroatoms. The summed E-state index contributed by atoms with van der Waals surface area (Å²) in [6.45, 7) is 8.33. The number of ether oxygens (including phenoxy) is 1. The highest BCUT2D eigenvalue weighted by Gasteiger charge is 2.27. The molecule has 0 aliphatic rings. The van der Waals surface area contributed by atoms with Crippen LogP contribution in [0.2, 0.25) is 0 Å². The average Bonchev–Trinajstić information content (AvgIpc) is 2.30. The van der Waals surface area contributed by atoms with Crippen molar-refractivity contribution in [1.29, 1.82) is 0 Å². The number of hydrogen-bond acceptors (Lipinski definition) is 4. The van der Waals surface area contributed by atoms with Crippen molar-refractivity contribution in [2.24, 2.45) is 0 Å². The van der Waals surface area contributed by atoms with E-state index in [4.69, 9.17) is 4.74 Å². The molecule has 0 saturated heterocycles. The Morgan fingerprint density at radius 3 is 2.33 bits per heavy atom. The van der Waals surface area contributed by atoms with Crippen molar-refractivity contribution in [3.63, 3.8) is 0 Å². The van der Waals surface area contributed by atoms with Crippen molar-refractivity contribution < 1.29 is 13.2 Å². The molecule has 21 heavy (non-hydrogen) atoms. The third-order valence-electron chi connectivity index (χ3n) is 3.21. The summed E-state index contributed by atoms with van der Waals surface area (Å²) >= 11 is 0. The Kier molecular flexibility index (Phi) is 5.92. The van der Waals surface area contributed by atoms with E-state index in [1.54, 1.807) is 27.0 Å². The van der Waals surface area contributed by atoms with Gasteiger partial charge in [-0.3, -0.25) is 0 Å². The molecule has 0 aromatic heterocycles. The fourth-order valence-electron chi connectivity index (χ4n) is 2.35. The molecule has 5 nitrogen and oxygen atoms in total. The summed E-state index contributed by atoms with van der Waals surface area (Å²) in [4.78, 5) is 0.322. The zero-order valence-electron chi connectivity index (χ0n) is 13.7. The molecular formula is C15H26N2O3S. The van der Waals surface area contributed by atoms with E-state index in [0.29, 0.717) is 18.0 Å². The van der Waals surface area contributed by atoms with Gasteiger partial charge in [-0.05, 0) is 57.5 Å². The zero-order valence-corrected chi connectivity index (χ0v) is 14.5. The van der Waals surface area contributed by atoms with Crippen molar-refractivity contribution in [1.82, 2.24) is 10.0 Å². The fraction of sp³-hybridized carbons (Fsp3) is 0.600. The average molecular weight is 314 g/mol. The van der Waals surface area contributed by atoms with Gasteiger partial charge in [0.2, 0.25) is 10.0 Å². The Labute approximate surface area is 128 Å². The van der Waals surface area contributed by atoms with Gasteiger partial charge in [0, 0.05) is 13.7 Å². The molecule has 0 aliphatic heterocycles. The van der Waals surface area contributed by atoms with E-state index in [-0.39, 0.29) is 0 Å². The van der Waals surface area contributed by atoms with E-state index in [9.17, 15) is 8.42 Å². The van der Waals surface area contributed by atoms with Crippen LogP contribution in [0.1, 0.15) is 30.5 Å². The van der Waals surface area contributed by atoms with Crippen LogP contribution in [-0.2, 0) is 21.3 Å². The molecule has 0 unspecified atom stereocenters. The number of hydrogen-bond donors (Lipinski definition) is 2. The summed E-state index contributed by atoms with van der Waals surface area (Å²) in [6, 6.07) is 3.65. The molecule has 0 saturated carbocycles. The van der Waals surface area contributed by atoms with Crippen LogP contribution >= 0.6 is 0 Å². The lowest BCUT2D eigenvalue weighted by Gasteiger charge is -2.25. The third kappa shape index (κ3) is 4.78. The topological polar surface area (TPSA) is 67.4 Å². The van der Waals surface area contributed by atoms with Gasteiger partial charge >= 0.3 is 0 Å². The minimum atomic E-state index is -3.59. The van der Waals surface area contributed by atoms with Gasteiger partial charge < -0.3 is 10.1 Å². The molecule has 1 aromatic carbocycles. The molecule has 1 rings (SSSR count). The van der Waals surface area contributed by atoms with Crippen LogP contribution in [0.5, 0.6) is 0 Å². The minimum absolute atomic E-state index is 0.306. The molecule has 2 N–H and O–H groups in total. The Morgan fingerprint density at radius 1 is 1.19 bits per heavy atom. The normalized spacial score (nSPS) is 12.7. The van der Waals surface area contributed by atoms with Crippen LogP contribution in [0.15, 0.2) is 17.0 Å². The maximum absolute atomic E-state index is 12.6. The highest BCUT2D eigenvalue weighted by atomic mass is 32.2. The van der Waals surface area contributed by atoms with Crippen LogP contribution in [0.25, 0.3) is 0 Å². The summed E-state index contributed by atoms with van der Waals surface area (Å²) in [6.07, 6.45) is 0. The first kappa shape index (κ1) is 18.1. The number of rotatable bonds is 7. The van der Waals surface area contributed by atoms with Gasteiger partial charge in [-0.15, -0.1) is 0 Å². The van der Waals surface area contributed by atoms with Gasteiger partial charge in [0.05, 0.1) is 17.0 Å². The fourth-order valence-corrected chi connectivity index (χ4v) is 4.03. The summed E-state index contributed by atoms with van der Waals surface area (Å²) in [5, 5.41) is 3.06. The quantitative estimate of drug-likeness (QED) is 0.804. The second kappa shape index (κ2) is 6.87. The van der Waals surface area contributed by atoms with Crippen LogP contribution in [0.3, 0.4) is 0 Å². The SMILES string of the molecule is CNCc1cc(S(=O)(=O)NC(C)(C)COC)c(C)cc1C. The van der Waals surface area contributed by atoms with Gasteiger partial charge in [-0.1, -0.05) is 6.07 Å². The van der Waals surface area contributed by atoms with Gasteiger partial charge in [0.15, 0.2) is 0 Å². The summed E-state index contributed by atoms with van der Waals surface area (Å²) in [5.41, 5.74) is 2.15. The second-order valence-corrected chi connectivity index (χ2v) is 7.65. The summed E-state index contributed by atoms with van der Waals surface area (Å²) < 4.78 is 33.0. The predicted octanol–water partition coefficient (Wildman–Crippen LogP) is 1.73. The van der Waals surface area contributed by atoms with Crippen LogP contribution in [0.4, 0.5) is 0 Å². The Bertz CT molecular complexity index is 595. The Balaban J connectivity index is 3.22. The molecule has 1 aromatic rings. The molecule has 0 aliphatic carbocycles. The number of nitrogens with one attached hydrogen (secondary N) is 2. The maximum Gasteiger partial charge on any atom is 0.241 e. The van der Waals surface area contributed by atoms with Crippen LogP contribution in [0, 0.1) is 13.8 Å². The number of sulfonamides is 1. The molecule has 0 spiro atoms. The smallest absolute Gasteiger partial charge is 0.241 e. The standard InChI is InChI=1S/C15H26N2O3S/c1-11-7-12(2)14(8-13(11)9-16-5)21(18,19)17-15(3,4)10-20-6/h7-8,16-17H,9-10H2,1-6H3. The van der Waals surface area contributed by atoms with E-state index in [2.05, 4.69) is 10.0 Å². The number of benzene rings is 1. The lowest BCUT2D eigenvalue weighted by atomic mass is 10.1. The van der Waals surface area contributed by atoms with Gasteiger partial charge in [-0.2, -0.15) is 0 Å². The Morgan fingerprint density at radius 2 is 1.81 bits per heavy atom. The molecule has 0 radical (unpaired) electrons. The molecule has 120 valence electrons. The van der Waals surface area contributed by atoms with Gasteiger partial charge in [-0.25, -0.2) is 13.1 Å². The second-order valence-electron chi connectivity index (χ2n) is 6.00. The number of methoxy groups -OCH3 is 1. The van der Waals surface area contributed by atoms with Crippen molar-refractivity contribution in [3.05, 3.63) is 28.8 Å². The summed E-state index contributed by atoms with van der Waals surface area (Å²) in [5.74, 6) is 0. The molecule has 0 fully saturated rings. The van der Waals surface area contributed by atoms with E-state index < -0.39 is 15.6 Å². The van der Waals surface area contributed by atoms with Gasteiger partial charge in [0.1, 0.15) is 0 Å². The maximum atomic E-state index is 12.6.